The summed E-state index contributed by atoms with van der Waals surface area (Å²) >= 11 is 0. The van der Waals surface area contributed by atoms with E-state index in [4.69, 9.17) is 0 Å². The van der Waals surface area contributed by atoms with E-state index in [1.54, 1.807) is 18.5 Å². The number of aromatic nitrogens is 1. The smallest absolute Gasteiger partial charge is 0.251 e. The van der Waals surface area contributed by atoms with Crippen molar-refractivity contribution in [2.45, 2.75) is 25.3 Å². The molecular formula is C17H21N3O3S. The predicted octanol–water partition coefficient (Wildman–Crippen LogP) is 1.95. The molecule has 0 saturated carbocycles. The highest BCUT2D eigenvalue weighted by molar-refractivity contribution is 7.89. The first-order chi connectivity index (χ1) is 11.4. The van der Waals surface area contributed by atoms with E-state index in [2.05, 4.69) is 15.0 Å². The molecule has 2 aromatic rings. The fourth-order valence-electron chi connectivity index (χ4n) is 1.93. The van der Waals surface area contributed by atoms with Crippen LogP contribution in [0.2, 0.25) is 0 Å². The van der Waals surface area contributed by atoms with Gasteiger partial charge in [-0.05, 0) is 41.8 Å². The largest absolute Gasteiger partial charge is 0.348 e. The van der Waals surface area contributed by atoms with E-state index in [1.807, 2.05) is 19.9 Å². The summed E-state index contributed by atoms with van der Waals surface area (Å²) in [6, 6.07) is 9.53. The number of benzene rings is 1. The SMILES string of the molecule is CC(C)CNS(=O)(=O)c1ccc(C(=O)NCc2cccnc2)cc1. The Morgan fingerprint density at radius 3 is 2.46 bits per heavy atom. The molecule has 1 amide bonds. The molecule has 24 heavy (non-hydrogen) atoms. The number of nitrogens with one attached hydrogen (secondary N) is 2. The van der Waals surface area contributed by atoms with Crippen LogP contribution in [0.4, 0.5) is 0 Å². The molecule has 2 rings (SSSR count). The number of hydrogen-bond acceptors (Lipinski definition) is 4. The fraction of sp³-hybridized carbons (Fsp3) is 0.294. The molecule has 128 valence electrons. The van der Waals surface area contributed by atoms with E-state index in [9.17, 15) is 13.2 Å². The Bertz CT molecular complexity index is 772. The maximum Gasteiger partial charge on any atom is 0.251 e. The number of amides is 1. The molecule has 0 aliphatic carbocycles. The Labute approximate surface area is 142 Å². The van der Waals surface area contributed by atoms with E-state index < -0.39 is 10.0 Å². The van der Waals surface area contributed by atoms with Gasteiger partial charge in [-0.15, -0.1) is 0 Å². The second-order valence-corrected chi connectivity index (χ2v) is 7.58. The van der Waals surface area contributed by atoms with E-state index in [-0.39, 0.29) is 16.7 Å². The molecule has 0 spiro atoms. The van der Waals surface area contributed by atoms with Crippen molar-refractivity contribution in [1.29, 1.82) is 0 Å². The summed E-state index contributed by atoms with van der Waals surface area (Å²) in [4.78, 5) is 16.2. The topological polar surface area (TPSA) is 88.2 Å². The summed E-state index contributed by atoms with van der Waals surface area (Å²) in [6.07, 6.45) is 3.34. The van der Waals surface area contributed by atoms with Gasteiger partial charge in [-0.2, -0.15) is 0 Å². The number of nitrogens with zero attached hydrogens (tertiary/aromatic N) is 1. The van der Waals surface area contributed by atoms with Crippen LogP contribution in [0.5, 0.6) is 0 Å². The first-order valence-corrected chi connectivity index (χ1v) is 9.13. The van der Waals surface area contributed by atoms with Crippen LogP contribution >= 0.6 is 0 Å². The Balaban J connectivity index is 1.99. The van der Waals surface area contributed by atoms with Gasteiger partial charge >= 0.3 is 0 Å². The number of sulfonamides is 1. The van der Waals surface area contributed by atoms with E-state index in [0.29, 0.717) is 18.7 Å². The highest BCUT2D eigenvalue weighted by Crippen LogP contribution is 2.11. The molecule has 7 heteroatoms. The molecule has 0 aliphatic rings. The molecule has 1 heterocycles. The zero-order valence-corrected chi connectivity index (χ0v) is 14.5. The van der Waals surface area contributed by atoms with Gasteiger partial charge in [-0.25, -0.2) is 13.1 Å². The van der Waals surface area contributed by atoms with Crippen molar-refractivity contribution in [3.8, 4) is 0 Å². The highest BCUT2D eigenvalue weighted by atomic mass is 32.2. The highest BCUT2D eigenvalue weighted by Gasteiger charge is 2.15. The summed E-state index contributed by atoms with van der Waals surface area (Å²) in [5.41, 5.74) is 1.30. The zero-order chi connectivity index (χ0) is 17.6. The van der Waals surface area contributed by atoms with Crippen molar-refractivity contribution < 1.29 is 13.2 Å². The van der Waals surface area contributed by atoms with Crippen LogP contribution in [-0.4, -0.2) is 25.9 Å². The normalized spacial score (nSPS) is 11.5. The summed E-state index contributed by atoms with van der Waals surface area (Å²) in [7, 11) is -3.54. The maximum absolute atomic E-state index is 12.1. The maximum atomic E-state index is 12.1. The van der Waals surface area contributed by atoms with E-state index >= 15 is 0 Å². The second kappa shape index (κ2) is 8.03. The molecule has 0 unspecified atom stereocenters. The average Bonchev–Trinajstić information content (AvgIpc) is 2.59. The molecule has 0 fully saturated rings. The van der Waals surface area contributed by atoms with Gasteiger partial charge in [0.1, 0.15) is 0 Å². The molecule has 2 N–H and O–H groups in total. The standard InChI is InChI=1S/C17H21N3O3S/c1-13(2)10-20-24(22,23)16-7-5-15(6-8-16)17(21)19-12-14-4-3-9-18-11-14/h3-9,11,13,20H,10,12H2,1-2H3,(H,19,21). The van der Waals surface area contributed by atoms with Crippen molar-refractivity contribution in [3.63, 3.8) is 0 Å². The Morgan fingerprint density at radius 1 is 1.17 bits per heavy atom. The lowest BCUT2D eigenvalue weighted by Gasteiger charge is -2.09. The third kappa shape index (κ3) is 5.14. The van der Waals surface area contributed by atoms with Crippen LogP contribution in [0.3, 0.4) is 0 Å². The van der Waals surface area contributed by atoms with Crippen molar-refractivity contribution in [2.24, 2.45) is 5.92 Å². The molecular weight excluding hydrogens is 326 g/mol. The average molecular weight is 347 g/mol. The molecule has 0 radical (unpaired) electrons. The summed E-state index contributed by atoms with van der Waals surface area (Å²) in [5, 5.41) is 2.77. The van der Waals surface area contributed by atoms with Crippen LogP contribution < -0.4 is 10.0 Å². The van der Waals surface area contributed by atoms with Gasteiger partial charge in [0.2, 0.25) is 10.0 Å². The number of rotatable bonds is 7. The fourth-order valence-corrected chi connectivity index (χ4v) is 3.15. The van der Waals surface area contributed by atoms with Gasteiger partial charge < -0.3 is 5.32 Å². The lowest BCUT2D eigenvalue weighted by Crippen LogP contribution is -2.27. The first-order valence-electron chi connectivity index (χ1n) is 7.65. The van der Waals surface area contributed by atoms with Crippen LogP contribution in [0, 0.1) is 5.92 Å². The Morgan fingerprint density at radius 2 is 1.88 bits per heavy atom. The van der Waals surface area contributed by atoms with Gasteiger partial charge in [0.15, 0.2) is 0 Å². The van der Waals surface area contributed by atoms with Crippen molar-refractivity contribution in [1.82, 2.24) is 15.0 Å². The van der Waals surface area contributed by atoms with Gasteiger partial charge in [-0.3, -0.25) is 9.78 Å². The first kappa shape index (κ1) is 18.1. The molecule has 1 aromatic carbocycles. The third-order valence-electron chi connectivity index (χ3n) is 3.28. The zero-order valence-electron chi connectivity index (χ0n) is 13.7. The van der Waals surface area contributed by atoms with Gasteiger partial charge in [0.25, 0.3) is 5.91 Å². The van der Waals surface area contributed by atoms with Gasteiger partial charge in [0.05, 0.1) is 4.90 Å². The second-order valence-electron chi connectivity index (χ2n) is 5.81. The lowest BCUT2D eigenvalue weighted by molar-refractivity contribution is 0.0951. The molecule has 0 atom stereocenters. The van der Waals surface area contributed by atoms with Gasteiger partial charge in [-0.1, -0.05) is 19.9 Å². The van der Waals surface area contributed by atoms with Crippen molar-refractivity contribution >= 4 is 15.9 Å². The summed E-state index contributed by atoms with van der Waals surface area (Å²) < 4.78 is 26.8. The quantitative estimate of drug-likeness (QED) is 0.801. The molecule has 1 aromatic heterocycles. The summed E-state index contributed by atoms with van der Waals surface area (Å²) in [6.45, 7) is 4.59. The predicted molar refractivity (Wildman–Crippen MR) is 91.9 cm³/mol. The number of hydrogen-bond donors (Lipinski definition) is 2. The van der Waals surface area contributed by atoms with E-state index in [1.165, 1.54) is 24.3 Å². The van der Waals surface area contributed by atoms with Crippen LogP contribution in [0.25, 0.3) is 0 Å². The molecule has 0 saturated heterocycles. The Hall–Kier alpha value is -2.25. The van der Waals surface area contributed by atoms with Crippen molar-refractivity contribution in [2.75, 3.05) is 6.54 Å². The monoisotopic (exact) mass is 347 g/mol. The minimum Gasteiger partial charge on any atom is -0.348 e. The molecule has 0 aliphatic heterocycles. The minimum absolute atomic E-state index is 0.145. The van der Waals surface area contributed by atoms with Crippen molar-refractivity contribution in [3.05, 3.63) is 59.9 Å². The minimum atomic E-state index is -3.54. The molecule has 0 bridgehead atoms. The van der Waals surface area contributed by atoms with Crippen LogP contribution in [0.15, 0.2) is 53.7 Å². The van der Waals surface area contributed by atoms with Crippen LogP contribution in [0.1, 0.15) is 29.8 Å². The number of carbonyl (C=O) groups is 1. The van der Waals surface area contributed by atoms with E-state index in [0.717, 1.165) is 5.56 Å². The third-order valence-corrected chi connectivity index (χ3v) is 4.72. The summed E-state index contributed by atoms with van der Waals surface area (Å²) in [5.74, 6) is -0.0461. The van der Waals surface area contributed by atoms with Gasteiger partial charge in [0, 0.05) is 31.0 Å². The number of pyridine rings is 1. The lowest BCUT2D eigenvalue weighted by atomic mass is 10.2. The number of carbonyl (C=O) groups excluding carboxylic acids is 1. The Kier molecular flexibility index (Phi) is 6.05. The van der Waals surface area contributed by atoms with Crippen LogP contribution in [-0.2, 0) is 16.6 Å². The molecule has 6 nitrogen and oxygen atoms in total.